The Kier molecular flexibility index (Phi) is 4.45. The van der Waals surface area contributed by atoms with Crippen LogP contribution < -0.4 is 11.1 Å². The number of nitrogens with one attached hydrogen (secondary N) is 1. The van der Waals surface area contributed by atoms with E-state index >= 15 is 0 Å². The third-order valence-corrected chi connectivity index (χ3v) is 6.73. The first-order valence-corrected chi connectivity index (χ1v) is 10.1. The maximum atomic E-state index is 13.0. The molecule has 0 saturated carbocycles. The molecule has 130 valence electrons. The number of hydrogen-bond donors (Lipinski definition) is 2. The summed E-state index contributed by atoms with van der Waals surface area (Å²) in [6.45, 7) is 1.91. The first-order valence-electron chi connectivity index (χ1n) is 8.36. The molecule has 25 heavy (non-hydrogen) atoms. The van der Waals surface area contributed by atoms with Gasteiger partial charge in [0.05, 0.1) is 16.3 Å². The standard InChI is InChI=1S/C18H20N4OS2/c1-22(11-6-8-20-9-7-11)18(23)16-15(19)12-4-5-13(21-17(12)25-16)14-3-2-10-24-14/h2-5,10-11,20H,6-9,19H2,1H3. The van der Waals surface area contributed by atoms with E-state index < -0.39 is 0 Å². The number of amides is 1. The third-order valence-electron chi connectivity index (χ3n) is 4.74. The Morgan fingerprint density at radius 2 is 2.12 bits per heavy atom. The molecule has 4 heterocycles. The van der Waals surface area contributed by atoms with Gasteiger partial charge in [0.25, 0.3) is 5.91 Å². The van der Waals surface area contributed by atoms with Crippen molar-refractivity contribution in [2.75, 3.05) is 25.9 Å². The van der Waals surface area contributed by atoms with E-state index in [0.29, 0.717) is 10.6 Å². The number of aromatic nitrogens is 1. The number of nitrogens with zero attached hydrogens (tertiary/aromatic N) is 2. The fourth-order valence-electron chi connectivity index (χ4n) is 3.24. The number of hydrogen-bond acceptors (Lipinski definition) is 6. The lowest BCUT2D eigenvalue weighted by Crippen LogP contribution is -2.43. The monoisotopic (exact) mass is 372 g/mol. The van der Waals surface area contributed by atoms with Crippen molar-refractivity contribution in [1.29, 1.82) is 0 Å². The molecule has 1 aliphatic heterocycles. The lowest BCUT2D eigenvalue weighted by molar-refractivity contribution is 0.0709. The van der Waals surface area contributed by atoms with Crippen molar-refractivity contribution in [3.63, 3.8) is 0 Å². The van der Waals surface area contributed by atoms with E-state index in [4.69, 9.17) is 10.7 Å². The first kappa shape index (κ1) is 16.5. The van der Waals surface area contributed by atoms with Crippen LogP contribution in [0.4, 0.5) is 5.69 Å². The van der Waals surface area contributed by atoms with E-state index in [-0.39, 0.29) is 11.9 Å². The zero-order valence-electron chi connectivity index (χ0n) is 14.0. The quantitative estimate of drug-likeness (QED) is 0.739. The highest BCUT2D eigenvalue weighted by molar-refractivity contribution is 7.21. The Balaban J connectivity index is 1.67. The number of nitrogen functional groups attached to an aromatic ring is 1. The lowest BCUT2D eigenvalue weighted by Gasteiger charge is -2.31. The van der Waals surface area contributed by atoms with Crippen molar-refractivity contribution in [2.24, 2.45) is 0 Å². The Bertz CT molecular complexity index is 897. The van der Waals surface area contributed by atoms with Crippen molar-refractivity contribution >= 4 is 44.5 Å². The number of rotatable bonds is 3. The average Bonchev–Trinajstić information content (AvgIpc) is 3.29. The minimum Gasteiger partial charge on any atom is -0.397 e. The van der Waals surface area contributed by atoms with Crippen LogP contribution in [0.5, 0.6) is 0 Å². The fraction of sp³-hybridized carbons (Fsp3) is 0.333. The number of piperidine rings is 1. The van der Waals surface area contributed by atoms with Crippen LogP contribution in [0.2, 0.25) is 0 Å². The Morgan fingerprint density at radius 1 is 1.32 bits per heavy atom. The Labute approximate surface area is 154 Å². The van der Waals surface area contributed by atoms with Crippen molar-refractivity contribution < 1.29 is 4.79 Å². The van der Waals surface area contributed by atoms with Crippen molar-refractivity contribution in [1.82, 2.24) is 15.2 Å². The average molecular weight is 373 g/mol. The van der Waals surface area contributed by atoms with Gasteiger partial charge in [-0.15, -0.1) is 22.7 Å². The van der Waals surface area contributed by atoms with Crippen molar-refractivity contribution in [3.8, 4) is 10.6 Å². The molecule has 0 aromatic carbocycles. The highest BCUT2D eigenvalue weighted by atomic mass is 32.1. The van der Waals surface area contributed by atoms with Gasteiger partial charge >= 0.3 is 0 Å². The molecule has 4 rings (SSSR count). The van der Waals surface area contributed by atoms with E-state index in [2.05, 4.69) is 5.32 Å². The summed E-state index contributed by atoms with van der Waals surface area (Å²) in [5.74, 6) is 0.00470. The predicted molar refractivity (Wildman–Crippen MR) is 105 cm³/mol. The van der Waals surface area contributed by atoms with Gasteiger partial charge in [-0.1, -0.05) is 6.07 Å². The molecule has 1 aliphatic rings. The Hall–Kier alpha value is -1.96. The molecule has 3 aromatic heterocycles. The summed E-state index contributed by atoms with van der Waals surface area (Å²) in [7, 11) is 1.88. The van der Waals surface area contributed by atoms with Gasteiger partial charge in [0.2, 0.25) is 0 Å². The number of nitrogens with two attached hydrogens (primary N) is 1. The number of carbonyl (C=O) groups excluding carboxylic acids is 1. The second-order valence-electron chi connectivity index (χ2n) is 6.27. The van der Waals surface area contributed by atoms with Gasteiger partial charge in [-0.3, -0.25) is 4.79 Å². The molecule has 1 saturated heterocycles. The molecule has 1 fully saturated rings. The second-order valence-corrected chi connectivity index (χ2v) is 8.22. The van der Waals surface area contributed by atoms with Crippen LogP contribution in [0.1, 0.15) is 22.5 Å². The molecule has 3 aromatic rings. The third kappa shape index (κ3) is 3.03. The summed E-state index contributed by atoms with van der Waals surface area (Å²) in [4.78, 5) is 22.1. The van der Waals surface area contributed by atoms with Gasteiger partial charge < -0.3 is 16.0 Å². The zero-order chi connectivity index (χ0) is 17.4. The molecule has 0 aliphatic carbocycles. The molecule has 0 spiro atoms. The van der Waals surface area contributed by atoms with E-state index in [9.17, 15) is 4.79 Å². The predicted octanol–water partition coefficient (Wildman–Crippen LogP) is 3.43. The minimum atomic E-state index is 0.00470. The fourth-order valence-corrected chi connectivity index (χ4v) is 5.01. The smallest absolute Gasteiger partial charge is 0.266 e. The minimum absolute atomic E-state index is 0.00470. The maximum absolute atomic E-state index is 13.0. The summed E-state index contributed by atoms with van der Waals surface area (Å²) < 4.78 is 0. The molecule has 3 N–H and O–H groups in total. The summed E-state index contributed by atoms with van der Waals surface area (Å²) in [5.41, 5.74) is 7.77. The van der Waals surface area contributed by atoms with E-state index in [0.717, 1.165) is 46.7 Å². The van der Waals surface area contributed by atoms with Crippen LogP contribution in [0.3, 0.4) is 0 Å². The van der Waals surface area contributed by atoms with E-state index in [1.165, 1.54) is 11.3 Å². The molecule has 7 heteroatoms. The van der Waals surface area contributed by atoms with Gasteiger partial charge in [-0.05, 0) is 49.5 Å². The molecule has 0 bridgehead atoms. The molecule has 0 atom stereocenters. The van der Waals surface area contributed by atoms with Crippen molar-refractivity contribution in [3.05, 3.63) is 34.5 Å². The molecule has 0 unspecified atom stereocenters. The van der Waals surface area contributed by atoms with E-state index in [1.807, 2.05) is 41.6 Å². The summed E-state index contributed by atoms with van der Waals surface area (Å²) >= 11 is 3.05. The molecule has 1 amide bonds. The maximum Gasteiger partial charge on any atom is 0.266 e. The number of carbonyl (C=O) groups is 1. The lowest BCUT2D eigenvalue weighted by atomic mass is 10.1. The highest BCUT2D eigenvalue weighted by Crippen LogP contribution is 2.36. The van der Waals surface area contributed by atoms with Crippen LogP contribution >= 0.6 is 22.7 Å². The summed E-state index contributed by atoms with van der Waals surface area (Å²) in [6.07, 6.45) is 1.96. The van der Waals surface area contributed by atoms with Crippen LogP contribution in [0, 0.1) is 0 Å². The number of thiophene rings is 2. The molecular formula is C18H20N4OS2. The normalized spacial score (nSPS) is 15.6. The van der Waals surface area contributed by atoms with E-state index in [1.54, 1.807) is 11.3 Å². The van der Waals surface area contributed by atoms with Crippen LogP contribution in [0.15, 0.2) is 29.6 Å². The summed E-state index contributed by atoms with van der Waals surface area (Å²) in [5, 5.41) is 6.23. The zero-order valence-corrected chi connectivity index (χ0v) is 15.6. The molecular weight excluding hydrogens is 352 g/mol. The summed E-state index contributed by atoms with van der Waals surface area (Å²) in [6, 6.07) is 8.28. The van der Waals surface area contributed by atoms with Crippen LogP contribution in [0.25, 0.3) is 20.8 Å². The first-order chi connectivity index (χ1) is 12.1. The molecule has 5 nitrogen and oxygen atoms in total. The molecule has 0 radical (unpaired) electrons. The largest absolute Gasteiger partial charge is 0.397 e. The van der Waals surface area contributed by atoms with Gasteiger partial charge in [0.15, 0.2) is 0 Å². The van der Waals surface area contributed by atoms with Gasteiger partial charge in [-0.2, -0.15) is 0 Å². The van der Waals surface area contributed by atoms with Crippen molar-refractivity contribution in [2.45, 2.75) is 18.9 Å². The number of fused-ring (bicyclic) bond motifs is 1. The van der Waals surface area contributed by atoms with Gasteiger partial charge in [0.1, 0.15) is 9.71 Å². The van der Waals surface area contributed by atoms with Crippen LogP contribution in [-0.2, 0) is 0 Å². The number of pyridine rings is 1. The van der Waals surface area contributed by atoms with Gasteiger partial charge in [-0.25, -0.2) is 4.98 Å². The topological polar surface area (TPSA) is 71.2 Å². The Morgan fingerprint density at radius 3 is 2.84 bits per heavy atom. The van der Waals surface area contributed by atoms with Gasteiger partial charge in [0, 0.05) is 18.5 Å². The van der Waals surface area contributed by atoms with Crippen LogP contribution in [-0.4, -0.2) is 42.0 Å². The SMILES string of the molecule is CN(C(=O)c1sc2nc(-c3cccs3)ccc2c1N)C1CCNCC1. The number of anilines is 1. The highest BCUT2D eigenvalue weighted by Gasteiger charge is 2.26. The second kappa shape index (κ2) is 6.74.